The fraction of sp³-hybridized carbons (Fsp3) is 0.571. The zero-order valence-corrected chi connectivity index (χ0v) is 12.6. The second-order valence-electron chi connectivity index (χ2n) is 4.90. The second kappa shape index (κ2) is 6.77. The molecule has 19 heavy (non-hydrogen) atoms. The first-order valence-corrected chi connectivity index (χ1v) is 7.50. The van der Waals surface area contributed by atoms with E-state index in [1.165, 1.54) is 12.1 Å². The van der Waals surface area contributed by atoms with Crippen molar-refractivity contribution in [3.8, 4) is 0 Å². The number of likely N-dealkylation sites (N-methyl/N-ethyl adjacent to an activating group) is 1. The molecule has 1 unspecified atom stereocenters. The molecule has 0 aromatic heterocycles. The SMILES string of the molecule is CCNCC1CCCN1Cc1c(F)ccc(Br)c1F. The Kier molecular flexibility index (Phi) is 5.30. The molecule has 1 atom stereocenters. The maximum absolute atomic E-state index is 14.0. The zero-order chi connectivity index (χ0) is 13.8. The monoisotopic (exact) mass is 332 g/mol. The van der Waals surface area contributed by atoms with Crippen molar-refractivity contribution in [3.05, 3.63) is 33.8 Å². The normalized spacial score (nSPS) is 20.1. The Morgan fingerprint density at radius 3 is 2.95 bits per heavy atom. The summed E-state index contributed by atoms with van der Waals surface area (Å²) in [6, 6.07) is 3.10. The molecule has 1 fully saturated rings. The maximum atomic E-state index is 14.0. The van der Waals surface area contributed by atoms with Crippen molar-refractivity contribution in [2.75, 3.05) is 19.6 Å². The summed E-state index contributed by atoms with van der Waals surface area (Å²) in [7, 11) is 0. The highest BCUT2D eigenvalue weighted by Crippen LogP contribution is 2.26. The molecule has 1 N–H and O–H groups in total. The van der Waals surface area contributed by atoms with Gasteiger partial charge in [0.1, 0.15) is 11.6 Å². The first kappa shape index (κ1) is 14.9. The molecule has 1 aromatic rings. The van der Waals surface area contributed by atoms with Crippen LogP contribution in [0.25, 0.3) is 0 Å². The summed E-state index contributed by atoms with van der Waals surface area (Å²) < 4.78 is 28.1. The molecular weight excluding hydrogens is 314 g/mol. The molecule has 0 amide bonds. The maximum Gasteiger partial charge on any atom is 0.144 e. The molecule has 0 saturated carbocycles. The number of hydrogen-bond donors (Lipinski definition) is 1. The molecule has 0 bridgehead atoms. The lowest BCUT2D eigenvalue weighted by atomic mass is 10.1. The Bertz CT molecular complexity index is 440. The van der Waals surface area contributed by atoms with E-state index in [-0.39, 0.29) is 5.56 Å². The van der Waals surface area contributed by atoms with Crippen molar-refractivity contribution in [1.82, 2.24) is 10.2 Å². The van der Waals surface area contributed by atoms with Gasteiger partial charge in [-0.1, -0.05) is 6.92 Å². The highest BCUT2D eigenvalue weighted by molar-refractivity contribution is 9.10. The highest BCUT2D eigenvalue weighted by Gasteiger charge is 2.26. The van der Waals surface area contributed by atoms with Crippen LogP contribution in [0.4, 0.5) is 8.78 Å². The number of rotatable bonds is 5. The average Bonchev–Trinajstić information content (AvgIpc) is 2.84. The number of nitrogens with zero attached hydrogens (tertiary/aromatic N) is 1. The lowest BCUT2D eigenvalue weighted by Gasteiger charge is -2.25. The number of likely N-dealkylation sites (tertiary alicyclic amines) is 1. The average molecular weight is 333 g/mol. The quantitative estimate of drug-likeness (QED) is 0.832. The first-order chi connectivity index (χ1) is 9.13. The number of hydrogen-bond acceptors (Lipinski definition) is 2. The molecule has 1 saturated heterocycles. The van der Waals surface area contributed by atoms with Crippen LogP contribution < -0.4 is 5.32 Å². The number of nitrogens with one attached hydrogen (secondary N) is 1. The van der Waals surface area contributed by atoms with E-state index in [9.17, 15) is 8.78 Å². The lowest BCUT2D eigenvalue weighted by Crippen LogP contribution is -2.37. The molecule has 1 heterocycles. The highest BCUT2D eigenvalue weighted by atomic mass is 79.9. The summed E-state index contributed by atoms with van der Waals surface area (Å²) in [6.45, 7) is 5.11. The zero-order valence-electron chi connectivity index (χ0n) is 11.1. The van der Waals surface area contributed by atoms with Crippen LogP contribution in [0.3, 0.4) is 0 Å². The van der Waals surface area contributed by atoms with Gasteiger partial charge in [0.25, 0.3) is 0 Å². The molecular formula is C14H19BrF2N2. The van der Waals surface area contributed by atoms with Gasteiger partial charge < -0.3 is 5.32 Å². The molecule has 2 rings (SSSR count). The fourth-order valence-electron chi connectivity index (χ4n) is 2.56. The van der Waals surface area contributed by atoms with E-state index in [2.05, 4.69) is 33.1 Å². The predicted octanol–water partition coefficient (Wildman–Crippen LogP) is 3.30. The van der Waals surface area contributed by atoms with Gasteiger partial charge >= 0.3 is 0 Å². The Labute approximate surface area is 121 Å². The van der Waals surface area contributed by atoms with Crippen molar-refractivity contribution in [2.45, 2.75) is 32.4 Å². The summed E-state index contributed by atoms with van der Waals surface area (Å²) in [4.78, 5) is 2.16. The number of halogens is 3. The third-order valence-corrected chi connectivity index (χ3v) is 4.24. The van der Waals surface area contributed by atoms with Crippen LogP contribution in [0.5, 0.6) is 0 Å². The van der Waals surface area contributed by atoms with Gasteiger partial charge in [0.05, 0.1) is 4.47 Å². The van der Waals surface area contributed by atoms with Gasteiger partial charge in [-0.05, 0) is 54.0 Å². The summed E-state index contributed by atoms with van der Waals surface area (Å²) in [6.07, 6.45) is 2.18. The predicted molar refractivity (Wildman–Crippen MR) is 76.0 cm³/mol. The summed E-state index contributed by atoms with van der Waals surface area (Å²) >= 11 is 3.11. The van der Waals surface area contributed by atoms with Crippen molar-refractivity contribution in [2.24, 2.45) is 0 Å². The Morgan fingerprint density at radius 2 is 2.21 bits per heavy atom. The van der Waals surface area contributed by atoms with Gasteiger partial charge in [0.2, 0.25) is 0 Å². The molecule has 1 aromatic carbocycles. The second-order valence-corrected chi connectivity index (χ2v) is 5.75. The van der Waals surface area contributed by atoms with Crippen LogP contribution in [0.15, 0.2) is 16.6 Å². The fourth-order valence-corrected chi connectivity index (χ4v) is 2.93. The standard InChI is InChI=1S/C14H19BrF2N2/c1-2-18-8-10-4-3-7-19(10)9-11-13(16)6-5-12(15)14(11)17/h5-6,10,18H,2-4,7-9H2,1H3. The summed E-state index contributed by atoms with van der Waals surface area (Å²) in [5.74, 6) is -0.941. The van der Waals surface area contributed by atoms with Crippen molar-refractivity contribution >= 4 is 15.9 Å². The minimum absolute atomic E-state index is 0.165. The van der Waals surface area contributed by atoms with E-state index < -0.39 is 11.6 Å². The summed E-state index contributed by atoms with van der Waals surface area (Å²) in [5.41, 5.74) is 0.165. The molecule has 106 valence electrons. The third kappa shape index (κ3) is 3.52. The van der Waals surface area contributed by atoms with Crippen LogP contribution in [0.1, 0.15) is 25.3 Å². The minimum atomic E-state index is -0.478. The van der Waals surface area contributed by atoms with Gasteiger partial charge in [-0.15, -0.1) is 0 Å². The van der Waals surface area contributed by atoms with Crippen LogP contribution in [-0.2, 0) is 6.54 Å². The van der Waals surface area contributed by atoms with E-state index in [1.807, 2.05) is 0 Å². The van der Waals surface area contributed by atoms with Gasteiger partial charge in [-0.2, -0.15) is 0 Å². The van der Waals surface area contributed by atoms with Crippen molar-refractivity contribution in [3.63, 3.8) is 0 Å². The van der Waals surface area contributed by atoms with Crippen LogP contribution in [-0.4, -0.2) is 30.6 Å². The van der Waals surface area contributed by atoms with E-state index in [0.29, 0.717) is 17.1 Å². The Hall–Kier alpha value is -0.520. The van der Waals surface area contributed by atoms with E-state index >= 15 is 0 Å². The largest absolute Gasteiger partial charge is 0.315 e. The molecule has 5 heteroatoms. The third-order valence-electron chi connectivity index (χ3n) is 3.63. The smallest absolute Gasteiger partial charge is 0.144 e. The van der Waals surface area contributed by atoms with Crippen LogP contribution in [0, 0.1) is 11.6 Å². The first-order valence-electron chi connectivity index (χ1n) is 6.70. The van der Waals surface area contributed by atoms with E-state index in [4.69, 9.17) is 0 Å². The minimum Gasteiger partial charge on any atom is -0.315 e. The molecule has 0 spiro atoms. The van der Waals surface area contributed by atoms with Gasteiger partial charge in [0, 0.05) is 24.7 Å². The molecule has 0 aliphatic carbocycles. The van der Waals surface area contributed by atoms with E-state index in [0.717, 1.165) is 32.5 Å². The number of benzene rings is 1. The van der Waals surface area contributed by atoms with Gasteiger partial charge in [-0.25, -0.2) is 8.78 Å². The van der Waals surface area contributed by atoms with Crippen LogP contribution in [0.2, 0.25) is 0 Å². The lowest BCUT2D eigenvalue weighted by molar-refractivity contribution is 0.233. The van der Waals surface area contributed by atoms with Gasteiger partial charge in [0.15, 0.2) is 0 Å². The van der Waals surface area contributed by atoms with Crippen molar-refractivity contribution in [1.29, 1.82) is 0 Å². The van der Waals surface area contributed by atoms with Crippen LogP contribution >= 0.6 is 15.9 Å². The molecule has 1 aliphatic heterocycles. The van der Waals surface area contributed by atoms with E-state index in [1.54, 1.807) is 0 Å². The topological polar surface area (TPSA) is 15.3 Å². The van der Waals surface area contributed by atoms with Gasteiger partial charge in [-0.3, -0.25) is 4.90 Å². The molecule has 0 radical (unpaired) electrons. The Morgan fingerprint density at radius 1 is 1.42 bits per heavy atom. The molecule has 1 aliphatic rings. The Balaban J connectivity index is 2.10. The van der Waals surface area contributed by atoms with Crippen molar-refractivity contribution < 1.29 is 8.78 Å². The molecule has 2 nitrogen and oxygen atoms in total. The summed E-state index contributed by atoms with van der Waals surface area (Å²) in [5, 5.41) is 3.31.